The number of imidazole rings is 1. The first-order valence-corrected chi connectivity index (χ1v) is 10.0. The number of carbonyl (C=O) groups is 1. The first-order valence-electron chi connectivity index (χ1n) is 10.0. The summed E-state index contributed by atoms with van der Waals surface area (Å²) in [5.41, 5.74) is 1.75. The van der Waals surface area contributed by atoms with Crippen LogP contribution in [0.25, 0.3) is 11.0 Å². The van der Waals surface area contributed by atoms with Crippen LogP contribution >= 0.6 is 0 Å². The molecule has 1 aromatic carbocycles. The van der Waals surface area contributed by atoms with Gasteiger partial charge in [0, 0.05) is 29.3 Å². The largest absolute Gasteiger partial charge is 0.380 e. The number of hydrogen-bond acceptors (Lipinski definition) is 4. The van der Waals surface area contributed by atoms with E-state index in [1.807, 2.05) is 13.0 Å². The van der Waals surface area contributed by atoms with Gasteiger partial charge < -0.3 is 20.4 Å². The summed E-state index contributed by atoms with van der Waals surface area (Å²) in [6, 6.07) is 5.45. The van der Waals surface area contributed by atoms with Gasteiger partial charge in [-0.05, 0) is 65.7 Å². The Kier molecular flexibility index (Phi) is 5.68. The van der Waals surface area contributed by atoms with Crippen molar-refractivity contribution in [1.82, 2.24) is 20.2 Å². The summed E-state index contributed by atoms with van der Waals surface area (Å²) in [5.74, 6) is -0.108. The van der Waals surface area contributed by atoms with Crippen LogP contribution in [0.1, 0.15) is 57.8 Å². The highest BCUT2D eigenvalue weighted by molar-refractivity contribution is 5.97. The van der Waals surface area contributed by atoms with Gasteiger partial charge in [0.05, 0.1) is 24.2 Å². The Hall–Kier alpha value is -2.12. The number of fused-ring (bicyclic) bond motifs is 1. The average Bonchev–Trinajstić information content (AvgIpc) is 2.87. The molecule has 0 unspecified atom stereocenters. The molecule has 7 nitrogen and oxygen atoms in total. The molecule has 0 radical (unpaired) electrons. The number of ether oxygens (including phenoxy) is 1. The van der Waals surface area contributed by atoms with Crippen molar-refractivity contribution in [2.45, 2.75) is 71.1 Å². The zero-order valence-corrected chi connectivity index (χ0v) is 17.5. The third-order valence-electron chi connectivity index (χ3n) is 5.23. The van der Waals surface area contributed by atoms with Crippen LogP contribution in [0.2, 0.25) is 0 Å². The molecular weight excluding hydrogens is 356 g/mol. The van der Waals surface area contributed by atoms with E-state index in [4.69, 9.17) is 4.74 Å². The van der Waals surface area contributed by atoms with E-state index in [0.717, 1.165) is 18.4 Å². The molecule has 154 valence electrons. The molecule has 0 saturated carbocycles. The quantitative estimate of drug-likeness (QED) is 0.663. The number of aromatic nitrogens is 2. The van der Waals surface area contributed by atoms with Crippen molar-refractivity contribution in [3.8, 4) is 0 Å². The minimum absolute atomic E-state index is 0.0351. The fourth-order valence-electron chi connectivity index (χ4n) is 4.52. The number of amides is 1. The van der Waals surface area contributed by atoms with Gasteiger partial charge in [0.1, 0.15) is 0 Å². The molecule has 2 heterocycles. The van der Waals surface area contributed by atoms with E-state index >= 15 is 0 Å². The molecule has 0 aliphatic carbocycles. The van der Waals surface area contributed by atoms with E-state index in [1.54, 1.807) is 16.7 Å². The highest BCUT2D eigenvalue weighted by Crippen LogP contribution is 2.28. The predicted molar refractivity (Wildman–Crippen MR) is 111 cm³/mol. The first kappa shape index (κ1) is 20.6. The zero-order valence-electron chi connectivity index (χ0n) is 17.5. The first-order chi connectivity index (χ1) is 13.1. The smallest absolute Gasteiger partial charge is 0.326 e. The Labute approximate surface area is 165 Å². The number of rotatable bonds is 6. The molecule has 0 atom stereocenters. The number of nitrogens with one attached hydrogen (secondary N) is 3. The summed E-state index contributed by atoms with van der Waals surface area (Å²) in [6.45, 7) is 12.1. The third-order valence-corrected chi connectivity index (χ3v) is 5.23. The summed E-state index contributed by atoms with van der Waals surface area (Å²) in [4.78, 5) is 27.9. The lowest BCUT2D eigenvalue weighted by atomic mass is 9.79. The van der Waals surface area contributed by atoms with E-state index in [9.17, 15) is 9.59 Å². The van der Waals surface area contributed by atoms with E-state index in [1.165, 1.54) is 0 Å². The van der Waals surface area contributed by atoms with Gasteiger partial charge in [0.25, 0.3) is 5.91 Å². The average molecular weight is 389 g/mol. The second-order valence-corrected chi connectivity index (χ2v) is 8.98. The molecule has 1 amide bonds. The monoisotopic (exact) mass is 388 g/mol. The van der Waals surface area contributed by atoms with Crippen molar-refractivity contribution in [2.75, 3.05) is 13.2 Å². The Morgan fingerprint density at radius 3 is 2.57 bits per heavy atom. The highest BCUT2D eigenvalue weighted by Gasteiger charge is 2.38. The Morgan fingerprint density at radius 2 is 1.93 bits per heavy atom. The summed E-state index contributed by atoms with van der Waals surface area (Å²) >= 11 is 0. The minimum Gasteiger partial charge on any atom is -0.380 e. The van der Waals surface area contributed by atoms with Gasteiger partial charge in [-0.15, -0.1) is 0 Å². The van der Waals surface area contributed by atoms with Crippen LogP contribution in [0.4, 0.5) is 0 Å². The van der Waals surface area contributed by atoms with E-state index in [2.05, 4.69) is 43.3 Å². The Bertz CT molecular complexity index is 894. The van der Waals surface area contributed by atoms with E-state index in [0.29, 0.717) is 30.8 Å². The topological polar surface area (TPSA) is 88.2 Å². The minimum atomic E-state index is -0.186. The molecule has 7 heteroatoms. The number of H-pyrrole nitrogens is 1. The van der Waals surface area contributed by atoms with E-state index < -0.39 is 0 Å². The van der Waals surface area contributed by atoms with Crippen LogP contribution in [-0.4, -0.2) is 45.8 Å². The molecule has 3 rings (SSSR count). The maximum Gasteiger partial charge on any atom is 0.326 e. The third kappa shape index (κ3) is 4.64. The molecule has 0 spiro atoms. The van der Waals surface area contributed by atoms with Crippen molar-refractivity contribution < 1.29 is 9.53 Å². The summed E-state index contributed by atoms with van der Waals surface area (Å²) in [6.07, 6.45) is 1.74. The number of piperidine rings is 1. The molecule has 1 aliphatic heterocycles. The highest BCUT2D eigenvalue weighted by atomic mass is 16.5. The maximum atomic E-state index is 12.8. The van der Waals surface area contributed by atoms with Gasteiger partial charge in [-0.3, -0.25) is 9.36 Å². The molecule has 2 aromatic rings. The van der Waals surface area contributed by atoms with Gasteiger partial charge >= 0.3 is 5.69 Å². The van der Waals surface area contributed by atoms with Crippen molar-refractivity contribution in [1.29, 1.82) is 0 Å². The van der Waals surface area contributed by atoms with E-state index in [-0.39, 0.29) is 28.7 Å². The number of aromatic amines is 1. The molecule has 28 heavy (non-hydrogen) atoms. The SMILES string of the molecule is CCOCCn1c(=O)[nH]c2cc(C(=O)NC3CC(C)(C)NC(C)(C)C3)ccc21. The lowest BCUT2D eigenvalue weighted by molar-refractivity contribution is 0.0873. The van der Waals surface area contributed by atoms with Crippen LogP contribution in [0, 0.1) is 0 Å². The van der Waals surface area contributed by atoms with Gasteiger partial charge in [-0.1, -0.05) is 0 Å². The molecule has 3 N–H and O–H groups in total. The van der Waals surface area contributed by atoms with Gasteiger partial charge in [-0.2, -0.15) is 0 Å². The normalized spacial score (nSPS) is 19.0. The fraction of sp³-hybridized carbons (Fsp3) is 0.619. The summed E-state index contributed by atoms with van der Waals surface area (Å²) in [7, 11) is 0. The maximum absolute atomic E-state index is 12.8. The zero-order chi connectivity index (χ0) is 20.5. The molecule has 0 bridgehead atoms. The van der Waals surface area contributed by atoms with Gasteiger partial charge in [-0.25, -0.2) is 4.79 Å². The van der Waals surface area contributed by atoms with Crippen LogP contribution in [0.3, 0.4) is 0 Å². The van der Waals surface area contributed by atoms with Crippen LogP contribution in [0.5, 0.6) is 0 Å². The Morgan fingerprint density at radius 1 is 1.25 bits per heavy atom. The second kappa shape index (κ2) is 7.72. The molecule has 1 aliphatic rings. The van der Waals surface area contributed by atoms with Crippen molar-refractivity contribution >= 4 is 16.9 Å². The predicted octanol–water partition coefficient (Wildman–Crippen LogP) is 2.41. The standard InChI is InChI=1S/C21H32N4O3/c1-6-28-10-9-25-17-8-7-14(11-16(17)23-19(25)27)18(26)22-15-12-20(2,3)24-21(4,5)13-15/h7-8,11,15,24H,6,9-10,12-13H2,1-5H3,(H,22,26)(H,23,27). The van der Waals surface area contributed by atoms with Crippen molar-refractivity contribution in [3.05, 3.63) is 34.2 Å². The van der Waals surface area contributed by atoms with Gasteiger partial charge in [0.2, 0.25) is 0 Å². The molecular formula is C21H32N4O3. The van der Waals surface area contributed by atoms with Gasteiger partial charge in [0.15, 0.2) is 0 Å². The van der Waals surface area contributed by atoms with Crippen LogP contribution < -0.4 is 16.3 Å². The summed E-state index contributed by atoms with van der Waals surface area (Å²) < 4.78 is 6.99. The molecule has 1 fully saturated rings. The number of benzene rings is 1. The molecule has 1 aromatic heterocycles. The second-order valence-electron chi connectivity index (χ2n) is 8.98. The number of nitrogens with zero attached hydrogens (tertiary/aromatic N) is 1. The van der Waals surface area contributed by atoms with Crippen molar-refractivity contribution in [2.24, 2.45) is 0 Å². The van der Waals surface area contributed by atoms with Crippen molar-refractivity contribution in [3.63, 3.8) is 0 Å². The summed E-state index contributed by atoms with van der Waals surface area (Å²) in [5, 5.41) is 6.80. The fourth-order valence-corrected chi connectivity index (χ4v) is 4.52. The Balaban J connectivity index is 1.76. The van der Waals surface area contributed by atoms with Crippen LogP contribution in [-0.2, 0) is 11.3 Å². The lowest BCUT2D eigenvalue weighted by Gasteiger charge is -2.46. The number of hydrogen-bond donors (Lipinski definition) is 3. The number of carbonyl (C=O) groups excluding carboxylic acids is 1. The van der Waals surface area contributed by atoms with Crippen LogP contribution in [0.15, 0.2) is 23.0 Å². The lowest BCUT2D eigenvalue weighted by Crippen LogP contribution is -2.62. The molecule has 1 saturated heterocycles.